The molecule has 0 radical (unpaired) electrons. The van der Waals surface area contributed by atoms with Crippen LogP contribution in [0.4, 0.5) is 18.9 Å². The van der Waals surface area contributed by atoms with Crippen LogP contribution in [0.2, 0.25) is 0 Å². The number of nitrogens with two attached hydrogens (primary N) is 1. The van der Waals surface area contributed by atoms with Crippen molar-refractivity contribution in [2.24, 2.45) is 0 Å². The van der Waals surface area contributed by atoms with Crippen LogP contribution in [0.3, 0.4) is 0 Å². The first-order valence-corrected chi connectivity index (χ1v) is 6.26. The van der Waals surface area contributed by atoms with Crippen molar-refractivity contribution in [1.29, 1.82) is 0 Å². The van der Waals surface area contributed by atoms with Crippen LogP contribution in [0.1, 0.15) is 11.1 Å². The number of hydrogen-bond acceptors (Lipinski definition) is 3. The molecule has 1 aliphatic heterocycles. The lowest BCUT2D eigenvalue weighted by Gasteiger charge is -2.28. The van der Waals surface area contributed by atoms with E-state index in [0.717, 1.165) is 12.0 Å². The lowest BCUT2D eigenvalue weighted by atomic mass is 9.99. The maximum atomic E-state index is 12.0. The van der Waals surface area contributed by atoms with E-state index in [0.29, 0.717) is 18.8 Å². The maximum absolute atomic E-state index is 12.0. The predicted octanol–water partition coefficient (Wildman–Crippen LogP) is 1.31. The number of alkyl halides is 3. The molecule has 4 nitrogen and oxygen atoms in total. The fourth-order valence-electron chi connectivity index (χ4n) is 2.23. The zero-order valence-corrected chi connectivity index (χ0v) is 10.8. The number of nitrogen functional groups attached to an aromatic ring is 1. The third-order valence-corrected chi connectivity index (χ3v) is 3.17. The average molecular weight is 287 g/mol. The number of nitrogens with zero attached hydrogens (tertiary/aromatic N) is 1. The second-order valence-electron chi connectivity index (χ2n) is 4.88. The standard InChI is InChI=1S/C13H16F3N3O/c14-13(15,16)8-18-12(20)7-19-4-3-9-1-2-11(17)5-10(9)6-19/h1-2,5H,3-4,6-8,17H2,(H,18,20). The van der Waals surface area contributed by atoms with E-state index < -0.39 is 18.6 Å². The van der Waals surface area contributed by atoms with E-state index in [-0.39, 0.29) is 6.54 Å². The zero-order valence-electron chi connectivity index (χ0n) is 10.8. The van der Waals surface area contributed by atoms with Gasteiger partial charge in [0.15, 0.2) is 0 Å². The Morgan fingerprint density at radius 2 is 2.10 bits per heavy atom. The normalized spacial score (nSPS) is 15.8. The molecule has 0 bridgehead atoms. The van der Waals surface area contributed by atoms with Crippen LogP contribution in [-0.4, -0.2) is 36.6 Å². The van der Waals surface area contributed by atoms with Crippen molar-refractivity contribution in [1.82, 2.24) is 10.2 Å². The van der Waals surface area contributed by atoms with Crippen molar-refractivity contribution < 1.29 is 18.0 Å². The molecule has 0 aromatic heterocycles. The van der Waals surface area contributed by atoms with Gasteiger partial charge in [0.1, 0.15) is 6.54 Å². The second-order valence-corrected chi connectivity index (χ2v) is 4.88. The third-order valence-electron chi connectivity index (χ3n) is 3.17. The van der Waals surface area contributed by atoms with E-state index in [1.54, 1.807) is 0 Å². The average Bonchev–Trinajstić information content (AvgIpc) is 2.35. The van der Waals surface area contributed by atoms with E-state index in [1.165, 1.54) is 5.56 Å². The molecule has 110 valence electrons. The molecule has 0 unspecified atom stereocenters. The number of rotatable bonds is 3. The molecule has 1 amide bonds. The van der Waals surface area contributed by atoms with E-state index >= 15 is 0 Å². The van der Waals surface area contributed by atoms with Gasteiger partial charge in [0.25, 0.3) is 0 Å². The first kappa shape index (κ1) is 14.6. The SMILES string of the molecule is Nc1ccc2c(c1)CN(CC(=O)NCC(F)(F)F)CC2. The Hall–Kier alpha value is -1.76. The molecule has 1 aromatic carbocycles. The Kier molecular flexibility index (Phi) is 4.17. The topological polar surface area (TPSA) is 58.4 Å². The lowest BCUT2D eigenvalue weighted by molar-refractivity contribution is -0.139. The number of halogens is 3. The Morgan fingerprint density at radius 1 is 1.35 bits per heavy atom. The Bertz CT molecular complexity index is 502. The van der Waals surface area contributed by atoms with Crippen molar-refractivity contribution >= 4 is 11.6 Å². The van der Waals surface area contributed by atoms with Crippen molar-refractivity contribution in [2.45, 2.75) is 19.1 Å². The maximum Gasteiger partial charge on any atom is 0.405 e. The van der Waals surface area contributed by atoms with E-state index in [1.807, 2.05) is 28.4 Å². The summed E-state index contributed by atoms with van der Waals surface area (Å²) >= 11 is 0. The zero-order chi connectivity index (χ0) is 14.8. The number of fused-ring (bicyclic) bond motifs is 1. The smallest absolute Gasteiger partial charge is 0.399 e. The van der Waals surface area contributed by atoms with Gasteiger partial charge in [0.2, 0.25) is 5.91 Å². The largest absolute Gasteiger partial charge is 0.405 e. The van der Waals surface area contributed by atoms with Gasteiger partial charge in [-0.15, -0.1) is 0 Å². The highest BCUT2D eigenvalue weighted by Crippen LogP contribution is 2.21. The minimum absolute atomic E-state index is 0.0374. The van der Waals surface area contributed by atoms with Gasteiger partial charge in [-0.05, 0) is 29.7 Å². The summed E-state index contributed by atoms with van der Waals surface area (Å²) in [6.07, 6.45) is -3.61. The summed E-state index contributed by atoms with van der Waals surface area (Å²) in [5, 5.41) is 1.87. The van der Waals surface area contributed by atoms with Gasteiger partial charge in [-0.25, -0.2) is 0 Å². The Morgan fingerprint density at radius 3 is 2.80 bits per heavy atom. The van der Waals surface area contributed by atoms with Crippen LogP contribution >= 0.6 is 0 Å². The van der Waals surface area contributed by atoms with Gasteiger partial charge < -0.3 is 11.1 Å². The fraction of sp³-hybridized carbons (Fsp3) is 0.462. The molecular weight excluding hydrogens is 271 g/mol. The molecule has 0 fully saturated rings. The van der Waals surface area contributed by atoms with E-state index in [4.69, 9.17) is 5.73 Å². The second kappa shape index (κ2) is 5.70. The van der Waals surface area contributed by atoms with Crippen LogP contribution < -0.4 is 11.1 Å². The molecule has 1 aromatic rings. The van der Waals surface area contributed by atoms with Gasteiger partial charge >= 0.3 is 6.18 Å². The van der Waals surface area contributed by atoms with Crippen molar-refractivity contribution in [3.05, 3.63) is 29.3 Å². The number of carbonyl (C=O) groups is 1. The number of anilines is 1. The van der Waals surface area contributed by atoms with Gasteiger partial charge in [-0.2, -0.15) is 13.2 Å². The number of carbonyl (C=O) groups excluding carboxylic acids is 1. The van der Waals surface area contributed by atoms with Crippen molar-refractivity contribution in [3.63, 3.8) is 0 Å². The van der Waals surface area contributed by atoms with Gasteiger partial charge in [0, 0.05) is 18.8 Å². The molecule has 0 aliphatic carbocycles. The molecule has 0 saturated carbocycles. The number of nitrogens with one attached hydrogen (secondary N) is 1. The highest BCUT2D eigenvalue weighted by atomic mass is 19.4. The van der Waals surface area contributed by atoms with Crippen LogP contribution in [-0.2, 0) is 17.8 Å². The van der Waals surface area contributed by atoms with E-state index in [2.05, 4.69) is 0 Å². The summed E-state index contributed by atoms with van der Waals surface area (Å²) < 4.78 is 36.0. The highest BCUT2D eigenvalue weighted by molar-refractivity contribution is 5.78. The van der Waals surface area contributed by atoms with Crippen LogP contribution in [0.15, 0.2) is 18.2 Å². The molecule has 0 saturated heterocycles. The van der Waals surface area contributed by atoms with Gasteiger partial charge in [0.05, 0.1) is 6.54 Å². The first-order valence-electron chi connectivity index (χ1n) is 6.26. The van der Waals surface area contributed by atoms with Crippen molar-refractivity contribution in [2.75, 3.05) is 25.4 Å². The molecule has 0 atom stereocenters. The van der Waals surface area contributed by atoms with Gasteiger partial charge in [-0.3, -0.25) is 9.69 Å². The molecule has 2 rings (SSSR count). The van der Waals surface area contributed by atoms with E-state index in [9.17, 15) is 18.0 Å². The first-order chi connectivity index (χ1) is 9.33. The van der Waals surface area contributed by atoms with Gasteiger partial charge in [-0.1, -0.05) is 6.07 Å². The quantitative estimate of drug-likeness (QED) is 0.824. The molecule has 20 heavy (non-hydrogen) atoms. The van der Waals surface area contributed by atoms with Crippen LogP contribution in [0, 0.1) is 0 Å². The summed E-state index contributed by atoms with van der Waals surface area (Å²) in [6, 6.07) is 5.62. The van der Waals surface area contributed by atoms with Crippen LogP contribution in [0.25, 0.3) is 0 Å². The van der Waals surface area contributed by atoms with Crippen molar-refractivity contribution in [3.8, 4) is 0 Å². The summed E-state index contributed by atoms with van der Waals surface area (Å²) in [5.41, 5.74) is 8.55. The summed E-state index contributed by atoms with van der Waals surface area (Å²) in [7, 11) is 0. The summed E-state index contributed by atoms with van der Waals surface area (Å²) in [5.74, 6) is -0.616. The highest BCUT2D eigenvalue weighted by Gasteiger charge is 2.28. The molecule has 0 spiro atoms. The molecule has 3 N–H and O–H groups in total. The Labute approximate surface area is 114 Å². The Balaban J connectivity index is 1.88. The third kappa shape index (κ3) is 4.12. The number of amides is 1. The number of benzene rings is 1. The minimum Gasteiger partial charge on any atom is -0.399 e. The molecular formula is C13H16F3N3O. The molecule has 1 aliphatic rings. The fourth-order valence-corrected chi connectivity index (χ4v) is 2.23. The minimum atomic E-state index is -4.38. The van der Waals surface area contributed by atoms with Crippen LogP contribution in [0.5, 0.6) is 0 Å². The summed E-state index contributed by atoms with van der Waals surface area (Å²) in [6.45, 7) is -0.149. The predicted molar refractivity (Wildman–Crippen MR) is 68.9 cm³/mol. The number of hydrogen-bond donors (Lipinski definition) is 2. The monoisotopic (exact) mass is 287 g/mol. The summed E-state index contributed by atoms with van der Waals surface area (Å²) in [4.78, 5) is 13.3. The molecule has 7 heteroatoms. The molecule has 1 heterocycles. The lowest BCUT2D eigenvalue weighted by Crippen LogP contribution is -2.42.